The van der Waals surface area contributed by atoms with E-state index in [4.69, 9.17) is 21.0 Å². The van der Waals surface area contributed by atoms with Crippen molar-refractivity contribution in [2.45, 2.75) is 0 Å². The third kappa shape index (κ3) is 3.90. The average molecular weight is 477 g/mol. The maximum absolute atomic E-state index is 13.2. The van der Waals surface area contributed by atoms with Gasteiger partial charge in [0.25, 0.3) is 0 Å². The van der Waals surface area contributed by atoms with Crippen molar-refractivity contribution in [2.75, 3.05) is 0 Å². The van der Waals surface area contributed by atoms with Crippen molar-refractivity contribution >= 4 is 40.0 Å². The Labute approximate surface area is 204 Å². The fourth-order valence-electron chi connectivity index (χ4n) is 3.98. The minimum absolute atomic E-state index is 0.102. The summed E-state index contributed by atoms with van der Waals surface area (Å²) in [5.41, 5.74) is 4.85. The van der Waals surface area contributed by atoms with Gasteiger partial charge in [-0.2, -0.15) is 9.78 Å². The molecule has 0 saturated carbocycles. The van der Waals surface area contributed by atoms with Gasteiger partial charge in [-0.3, -0.25) is 4.79 Å². The quantitative estimate of drug-likeness (QED) is 0.276. The van der Waals surface area contributed by atoms with Gasteiger partial charge in [0.15, 0.2) is 0 Å². The van der Waals surface area contributed by atoms with Crippen LogP contribution in [0.1, 0.15) is 5.56 Å². The van der Waals surface area contributed by atoms with Crippen LogP contribution in [0, 0.1) is 0 Å². The molecule has 0 fully saturated rings. The number of hydrogen-bond acceptors (Lipinski definition) is 5. The average Bonchev–Trinajstić information content (AvgIpc) is 3.29. The van der Waals surface area contributed by atoms with Gasteiger partial charge >= 0.3 is 5.56 Å². The molecule has 0 saturated heterocycles. The Morgan fingerprint density at radius 2 is 1.57 bits per heavy atom. The molecular weight excluding hydrogens is 460 g/mol. The van der Waals surface area contributed by atoms with Crippen molar-refractivity contribution in [1.82, 2.24) is 14.6 Å². The normalized spacial score (nSPS) is 11.6. The summed E-state index contributed by atoms with van der Waals surface area (Å²) in [5.74, 6) is 0. The third-order valence-corrected chi connectivity index (χ3v) is 5.94. The van der Waals surface area contributed by atoms with E-state index in [-0.39, 0.29) is 5.58 Å². The number of rotatable bonds is 4. The van der Waals surface area contributed by atoms with Crippen LogP contribution in [0.2, 0.25) is 5.02 Å². The van der Waals surface area contributed by atoms with E-state index in [9.17, 15) is 4.79 Å². The van der Waals surface area contributed by atoms with E-state index in [0.717, 1.165) is 32.6 Å². The number of halogens is 1. The Morgan fingerprint density at radius 3 is 2.29 bits per heavy atom. The molecule has 0 atom stereocenters. The molecule has 6 aromatic rings. The molecule has 168 valence electrons. The van der Waals surface area contributed by atoms with Crippen LogP contribution in [0.25, 0.3) is 44.6 Å². The second-order valence-corrected chi connectivity index (χ2v) is 8.37. The molecule has 6 nitrogen and oxygen atoms in total. The summed E-state index contributed by atoms with van der Waals surface area (Å²) in [5, 5.41) is 5.58. The lowest BCUT2D eigenvalue weighted by Crippen LogP contribution is -2.16. The number of fused-ring (bicyclic) bond motifs is 3. The highest BCUT2D eigenvalue weighted by Crippen LogP contribution is 2.36. The molecular formula is C28H17ClN4O2. The van der Waals surface area contributed by atoms with Gasteiger partial charge in [-0.15, -0.1) is 0 Å². The molecule has 0 radical (unpaired) electrons. The predicted octanol–water partition coefficient (Wildman–Crippen LogP) is 6.41. The number of pyridine rings is 1. The van der Waals surface area contributed by atoms with Crippen molar-refractivity contribution in [3.63, 3.8) is 0 Å². The fraction of sp³-hybridized carbons (Fsp3) is 0. The lowest BCUT2D eigenvalue weighted by Gasteiger charge is -2.07. The van der Waals surface area contributed by atoms with Gasteiger partial charge in [-0.25, -0.2) is 9.97 Å². The van der Waals surface area contributed by atoms with E-state index in [2.05, 4.69) is 10.1 Å². The number of nitrogens with zero attached hydrogens (tertiary/aromatic N) is 4. The molecule has 0 aliphatic rings. The van der Waals surface area contributed by atoms with E-state index in [1.54, 1.807) is 18.3 Å². The lowest BCUT2D eigenvalue weighted by molar-refractivity contribution is 0.637. The monoisotopic (exact) mass is 476 g/mol. The zero-order valence-electron chi connectivity index (χ0n) is 18.3. The minimum Gasteiger partial charge on any atom is -0.430 e. The first-order valence-electron chi connectivity index (χ1n) is 10.9. The van der Waals surface area contributed by atoms with E-state index < -0.39 is 5.56 Å². The zero-order chi connectivity index (χ0) is 23.8. The van der Waals surface area contributed by atoms with E-state index in [1.807, 2.05) is 78.9 Å². The standard InChI is InChI=1S/C28H17ClN4O2/c29-21-13-11-18(12-14-21)16-31-33-17-30-25-24-22(19-7-3-1-4-8-19)15-23(20-9-5-2-6-10-20)32-27(24)35-26(25)28(33)34/h1-17H. The molecule has 0 bridgehead atoms. The zero-order valence-corrected chi connectivity index (χ0v) is 19.1. The Balaban J connectivity index is 1.56. The van der Waals surface area contributed by atoms with Gasteiger partial charge in [-0.1, -0.05) is 84.4 Å². The number of furan rings is 1. The molecule has 0 N–H and O–H groups in total. The van der Waals surface area contributed by atoms with E-state index in [1.165, 1.54) is 6.33 Å². The van der Waals surface area contributed by atoms with Crippen molar-refractivity contribution < 1.29 is 4.42 Å². The fourth-order valence-corrected chi connectivity index (χ4v) is 4.11. The van der Waals surface area contributed by atoms with Gasteiger partial charge < -0.3 is 4.42 Å². The van der Waals surface area contributed by atoms with Gasteiger partial charge in [0.1, 0.15) is 11.8 Å². The molecule has 3 aromatic carbocycles. The maximum atomic E-state index is 13.2. The van der Waals surface area contributed by atoms with Crippen LogP contribution in [0.15, 0.2) is 112 Å². The van der Waals surface area contributed by atoms with Gasteiger partial charge in [0.2, 0.25) is 11.3 Å². The summed E-state index contributed by atoms with van der Waals surface area (Å²) in [6, 6.07) is 28.9. The highest BCUT2D eigenvalue weighted by atomic mass is 35.5. The first-order chi connectivity index (χ1) is 17.2. The molecule has 35 heavy (non-hydrogen) atoms. The lowest BCUT2D eigenvalue weighted by atomic mass is 10.00. The van der Waals surface area contributed by atoms with E-state index in [0.29, 0.717) is 21.6 Å². The minimum atomic E-state index is -0.418. The molecule has 3 aromatic heterocycles. The van der Waals surface area contributed by atoms with Crippen molar-refractivity contribution in [2.24, 2.45) is 5.10 Å². The molecule has 6 rings (SSSR count). The molecule has 0 aliphatic heterocycles. The number of aromatic nitrogens is 3. The van der Waals surface area contributed by atoms with Gasteiger partial charge in [0.05, 0.1) is 17.3 Å². The maximum Gasteiger partial charge on any atom is 0.317 e. The molecule has 0 aliphatic carbocycles. The second-order valence-electron chi connectivity index (χ2n) is 7.94. The third-order valence-electron chi connectivity index (χ3n) is 5.69. The SMILES string of the molecule is O=c1c2oc3nc(-c4ccccc4)cc(-c4ccccc4)c3c2ncn1N=Cc1ccc(Cl)cc1. The van der Waals surface area contributed by atoms with Crippen LogP contribution in [0.3, 0.4) is 0 Å². The van der Waals surface area contributed by atoms with Gasteiger partial charge in [-0.05, 0) is 34.9 Å². The summed E-state index contributed by atoms with van der Waals surface area (Å²) in [6.07, 6.45) is 2.96. The summed E-state index contributed by atoms with van der Waals surface area (Å²) >= 11 is 5.94. The molecule has 0 unspecified atom stereocenters. The summed E-state index contributed by atoms with van der Waals surface area (Å²) in [6.45, 7) is 0. The van der Waals surface area contributed by atoms with Crippen LogP contribution < -0.4 is 5.56 Å². The molecule has 0 amide bonds. The largest absolute Gasteiger partial charge is 0.430 e. The van der Waals surface area contributed by atoms with Crippen LogP contribution in [-0.2, 0) is 0 Å². The Kier molecular flexibility index (Phi) is 5.20. The topological polar surface area (TPSA) is 73.3 Å². The van der Waals surface area contributed by atoms with Crippen LogP contribution in [0.5, 0.6) is 0 Å². The van der Waals surface area contributed by atoms with E-state index >= 15 is 0 Å². The van der Waals surface area contributed by atoms with Crippen molar-refractivity contribution in [1.29, 1.82) is 0 Å². The second kappa shape index (κ2) is 8.66. The molecule has 7 heteroatoms. The van der Waals surface area contributed by atoms with Crippen LogP contribution in [0.4, 0.5) is 0 Å². The Hall–Kier alpha value is -4.55. The van der Waals surface area contributed by atoms with Gasteiger partial charge in [0, 0.05) is 10.6 Å². The predicted molar refractivity (Wildman–Crippen MR) is 139 cm³/mol. The highest BCUT2D eigenvalue weighted by molar-refractivity contribution is 6.30. The first-order valence-corrected chi connectivity index (χ1v) is 11.3. The van der Waals surface area contributed by atoms with Crippen molar-refractivity contribution in [3.8, 4) is 22.4 Å². The molecule has 0 spiro atoms. The Morgan fingerprint density at radius 1 is 0.886 bits per heavy atom. The Bertz CT molecular complexity index is 1760. The number of hydrogen-bond donors (Lipinski definition) is 0. The van der Waals surface area contributed by atoms with Crippen LogP contribution in [-0.4, -0.2) is 20.9 Å². The summed E-state index contributed by atoms with van der Waals surface area (Å²) in [4.78, 5) is 22.5. The summed E-state index contributed by atoms with van der Waals surface area (Å²) in [7, 11) is 0. The first kappa shape index (κ1) is 21.0. The van der Waals surface area contributed by atoms with Crippen LogP contribution >= 0.6 is 11.6 Å². The number of benzene rings is 3. The smallest absolute Gasteiger partial charge is 0.317 e. The van der Waals surface area contributed by atoms with Crippen molar-refractivity contribution in [3.05, 3.63) is 118 Å². The highest BCUT2D eigenvalue weighted by Gasteiger charge is 2.20. The summed E-state index contributed by atoms with van der Waals surface area (Å²) < 4.78 is 7.17. The molecule has 3 heterocycles.